The predicted molar refractivity (Wildman–Crippen MR) is 80.5 cm³/mol. The average Bonchev–Trinajstić information content (AvgIpc) is 2.94. The van der Waals surface area contributed by atoms with Gasteiger partial charge in [-0.05, 0) is 36.1 Å². The second-order valence-electron chi connectivity index (χ2n) is 5.75. The molecule has 1 unspecified atom stereocenters. The van der Waals surface area contributed by atoms with E-state index in [9.17, 15) is 5.11 Å². The first-order chi connectivity index (χ1) is 9.49. The van der Waals surface area contributed by atoms with Gasteiger partial charge in [-0.15, -0.1) is 0 Å². The minimum Gasteiger partial charge on any atom is -0.466 e. The van der Waals surface area contributed by atoms with Crippen molar-refractivity contribution in [3.8, 4) is 0 Å². The lowest BCUT2D eigenvalue weighted by atomic mass is 10.0. The van der Waals surface area contributed by atoms with Gasteiger partial charge in [-0.2, -0.15) is 0 Å². The molecule has 108 valence electrons. The highest BCUT2D eigenvalue weighted by molar-refractivity contribution is 5.24. The van der Waals surface area contributed by atoms with E-state index in [1.54, 1.807) is 25.3 Å². The molecule has 1 aromatic carbocycles. The van der Waals surface area contributed by atoms with Crippen LogP contribution >= 0.6 is 0 Å². The van der Waals surface area contributed by atoms with Crippen molar-refractivity contribution in [2.24, 2.45) is 0 Å². The molecule has 0 saturated heterocycles. The van der Waals surface area contributed by atoms with E-state index in [0.717, 1.165) is 6.54 Å². The van der Waals surface area contributed by atoms with Crippen LogP contribution in [-0.4, -0.2) is 11.7 Å². The number of hydrogen-bond donors (Lipinski definition) is 2. The van der Waals surface area contributed by atoms with Crippen LogP contribution < -0.4 is 5.32 Å². The molecular formula is C17H23NO2. The van der Waals surface area contributed by atoms with E-state index in [4.69, 9.17) is 4.42 Å². The Morgan fingerprint density at radius 1 is 1.20 bits per heavy atom. The van der Waals surface area contributed by atoms with Gasteiger partial charge in [-0.1, -0.05) is 38.1 Å². The van der Waals surface area contributed by atoms with Gasteiger partial charge in [0.25, 0.3) is 0 Å². The number of benzene rings is 1. The van der Waals surface area contributed by atoms with Crippen LogP contribution in [0, 0.1) is 0 Å². The highest BCUT2D eigenvalue weighted by atomic mass is 16.4. The van der Waals surface area contributed by atoms with E-state index in [1.807, 2.05) is 0 Å². The van der Waals surface area contributed by atoms with Gasteiger partial charge in [0, 0.05) is 13.1 Å². The van der Waals surface area contributed by atoms with Crippen LogP contribution in [0.3, 0.4) is 0 Å². The van der Waals surface area contributed by atoms with Crippen LogP contribution in [0.1, 0.15) is 43.6 Å². The molecule has 0 saturated carbocycles. The van der Waals surface area contributed by atoms with E-state index in [2.05, 4.69) is 43.4 Å². The Kier molecular flexibility index (Phi) is 4.63. The zero-order chi connectivity index (χ0) is 14.6. The molecule has 1 aromatic heterocycles. The number of nitrogens with one attached hydrogen (secondary N) is 1. The second-order valence-corrected chi connectivity index (χ2v) is 5.75. The fourth-order valence-corrected chi connectivity index (χ4v) is 2.14. The first-order valence-corrected chi connectivity index (χ1v) is 7.05. The maximum absolute atomic E-state index is 10.3. The van der Waals surface area contributed by atoms with Crippen LogP contribution in [0.2, 0.25) is 0 Å². The molecule has 0 spiro atoms. The van der Waals surface area contributed by atoms with Gasteiger partial charge in [-0.3, -0.25) is 0 Å². The molecule has 0 radical (unpaired) electrons. The molecule has 3 heteroatoms. The summed E-state index contributed by atoms with van der Waals surface area (Å²) in [5.41, 5.74) is 1.57. The van der Waals surface area contributed by atoms with Crippen molar-refractivity contribution >= 4 is 0 Å². The van der Waals surface area contributed by atoms with Crippen molar-refractivity contribution in [2.75, 3.05) is 6.54 Å². The molecule has 1 heterocycles. The number of rotatable bonds is 6. The zero-order valence-corrected chi connectivity index (χ0v) is 12.4. The van der Waals surface area contributed by atoms with E-state index < -0.39 is 5.60 Å². The van der Waals surface area contributed by atoms with Crippen LogP contribution in [0.4, 0.5) is 0 Å². The van der Waals surface area contributed by atoms with Crippen molar-refractivity contribution in [3.63, 3.8) is 0 Å². The van der Waals surface area contributed by atoms with Crippen molar-refractivity contribution < 1.29 is 9.52 Å². The molecular weight excluding hydrogens is 250 g/mol. The maximum Gasteiger partial charge on any atom is 0.136 e. The fraction of sp³-hybridized carbons (Fsp3) is 0.412. The molecule has 20 heavy (non-hydrogen) atoms. The van der Waals surface area contributed by atoms with E-state index >= 15 is 0 Å². The summed E-state index contributed by atoms with van der Waals surface area (Å²) >= 11 is 0. The smallest absolute Gasteiger partial charge is 0.136 e. The molecule has 0 aliphatic heterocycles. The monoisotopic (exact) mass is 273 g/mol. The topological polar surface area (TPSA) is 45.4 Å². The number of aliphatic hydroxyl groups is 1. The summed E-state index contributed by atoms with van der Waals surface area (Å²) < 4.78 is 5.25. The Morgan fingerprint density at radius 2 is 1.90 bits per heavy atom. The summed E-state index contributed by atoms with van der Waals surface area (Å²) in [6, 6.07) is 12.2. The highest BCUT2D eigenvalue weighted by Gasteiger charge is 2.25. The minimum atomic E-state index is -0.985. The van der Waals surface area contributed by atoms with E-state index in [1.165, 1.54) is 11.1 Å². The molecule has 0 aliphatic rings. The van der Waals surface area contributed by atoms with Gasteiger partial charge in [0.1, 0.15) is 11.4 Å². The van der Waals surface area contributed by atoms with Crippen LogP contribution in [0.25, 0.3) is 0 Å². The minimum absolute atomic E-state index is 0.451. The Labute approximate surface area is 120 Å². The van der Waals surface area contributed by atoms with Crippen LogP contribution in [0.15, 0.2) is 47.1 Å². The maximum atomic E-state index is 10.3. The summed E-state index contributed by atoms with van der Waals surface area (Å²) in [6.45, 7) is 7.31. The summed E-state index contributed by atoms with van der Waals surface area (Å²) in [5, 5.41) is 13.6. The lowest BCUT2D eigenvalue weighted by molar-refractivity contribution is 0.0340. The normalized spacial score (nSPS) is 14.4. The van der Waals surface area contributed by atoms with Crippen LogP contribution in [0.5, 0.6) is 0 Å². The van der Waals surface area contributed by atoms with Crippen molar-refractivity contribution in [1.82, 2.24) is 5.32 Å². The second kappa shape index (κ2) is 6.25. The fourth-order valence-electron chi connectivity index (χ4n) is 2.14. The number of furan rings is 1. The Balaban J connectivity index is 1.86. The lowest BCUT2D eigenvalue weighted by Gasteiger charge is -2.21. The molecule has 2 aromatic rings. The summed E-state index contributed by atoms with van der Waals surface area (Å²) in [6.07, 6.45) is 1.58. The Hall–Kier alpha value is -1.58. The molecule has 2 N–H and O–H groups in total. The number of hydrogen-bond acceptors (Lipinski definition) is 3. The highest BCUT2D eigenvalue weighted by Crippen LogP contribution is 2.20. The lowest BCUT2D eigenvalue weighted by Crippen LogP contribution is -2.34. The third-order valence-electron chi connectivity index (χ3n) is 3.50. The van der Waals surface area contributed by atoms with Crippen molar-refractivity contribution in [2.45, 2.75) is 38.8 Å². The molecule has 0 bridgehead atoms. The molecule has 0 amide bonds. The Bertz CT molecular complexity index is 512. The average molecular weight is 273 g/mol. The van der Waals surface area contributed by atoms with Gasteiger partial charge < -0.3 is 14.8 Å². The van der Waals surface area contributed by atoms with Crippen molar-refractivity contribution in [3.05, 3.63) is 59.5 Å². The summed E-state index contributed by atoms with van der Waals surface area (Å²) in [4.78, 5) is 0. The predicted octanol–water partition coefficient (Wildman–Crippen LogP) is 3.40. The third-order valence-corrected chi connectivity index (χ3v) is 3.50. The molecule has 1 atom stereocenters. The first kappa shape index (κ1) is 14.8. The third kappa shape index (κ3) is 3.71. The molecule has 0 aliphatic carbocycles. The quantitative estimate of drug-likeness (QED) is 0.848. The first-order valence-electron chi connectivity index (χ1n) is 7.05. The SMILES string of the molecule is CC(C)c1ccc(CNCC(C)(O)c2ccco2)cc1. The van der Waals surface area contributed by atoms with Gasteiger partial charge in [0.05, 0.1) is 6.26 Å². The van der Waals surface area contributed by atoms with E-state index in [0.29, 0.717) is 18.2 Å². The Morgan fingerprint density at radius 3 is 2.45 bits per heavy atom. The molecule has 2 rings (SSSR count). The largest absolute Gasteiger partial charge is 0.466 e. The zero-order valence-electron chi connectivity index (χ0n) is 12.4. The van der Waals surface area contributed by atoms with E-state index in [-0.39, 0.29) is 0 Å². The van der Waals surface area contributed by atoms with Gasteiger partial charge in [-0.25, -0.2) is 0 Å². The van der Waals surface area contributed by atoms with Crippen molar-refractivity contribution in [1.29, 1.82) is 0 Å². The summed E-state index contributed by atoms with van der Waals surface area (Å²) in [5.74, 6) is 1.14. The standard InChI is InChI=1S/C17H23NO2/c1-13(2)15-8-6-14(7-9-15)11-18-12-17(3,19)16-5-4-10-20-16/h4-10,13,18-19H,11-12H2,1-3H3. The van der Waals surface area contributed by atoms with Gasteiger partial charge in [0.2, 0.25) is 0 Å². The summed E-state index contributed by atoms with van der Waals surface area (Å²) in [7, 11) is 0. The molecule has 3 nitrogen and oxygen atoms in total. The van der Waals surface area contributed by atoms with Crippen LogP contribution in [-0.2, 0) is 12.1 Å². The van der Waals surface area contributed by atoms with Gasteiger partial charge >= 0.3 is 0 Å². The molecule has 0 fully saturated rings. The van der Waals surface area contributed by atoms with Gasteiger partial charge in [0.15, 0.2) is 0 Å².